The van der Waals surface area contributed by atoms with Crippen LogP contribution in [0.25, 0.3) is 66.6 Å². The van der Waals surface area contributed by atoms with Gasteiger partial charge in [0.1, 0.15) is 22.1 Å². The minimum absolute atomic E-state index is 0.675. The normalized spacial score (nSPS) is 11.5. The third kappa shape index (κ3) is 4.98. The van der Waals surface area contributed by atoms with Crippen LogP contribution < -0.4 is 18.9 Å². The quantitative estimate of drug-likeness (QED) is 0.142. The second-order valence-corrected chi connectivity index (χ2v) is 12.7. The van der Waals surface area contributed by atoms with Crippen LogP contribution in [0.3, 0.4) is 0 Å². The molecule has 0 unspecified atom stereocenters. The average molecular weight is 633 g/mol. The molecule has 0 aliphatic carbocycles. The Morgan fingerprint density at radius 3 is 1.64 bits per heavy atom. The summed E-state index contributed by atoms with van der Waals surface area (Å²) in [6.07, 6.45) is 0. The van der Waals surface area contributed by atoms with Gasteiger partial charge in [0.15, 0.2) is 0 Å². The summed E-state index contributed by atoms with van der Waals surface area (Å²) in [5, 5.41) is 0.675. The van der Waals surface area contributed by atoms with Gasteiger partial charge in [-0.3, -0.25) is 0 Å². The largest absolute Gasteiger partial charge is 0.377 e. The van der Waals surface area contributed by atoms with Crippen molar-refractivity contribution in [3.05, 3.63) is 132 Å². The fraction of sp³-hybridized carbons (Fsp3) is 0.100. The van der Waals surface area contributed by atoms with Gasteiger partial charge in [-0.25, -0.2) is 9.97 Å². The first-order chi connectivity index (χ1) is 22.9. The molecule has 0 N–H and O–H groups in total. The number of hydrogen-bond acceptors (Lipinski definition) is 4. The molecule has 0 atom stereocenters. The highest BCUT2D eigenvalue weighted by Gasteiger charge is 2.25. The summed E-state index contributed by atoms with van der Waals surface area (Å²) >= 11 is 6.52. The fourth-order valence-electron chi connectivity index (χ4n) is 6.46. The van der Waals surface area contributed by atoms with E-state index in [1.54, 1.807) is 0 Å². The van der Waals surface area contributed by atoms with Gasteiger partial charge in [-0.1, -0.05) is 54.1 Å². The first-order valence-electron chi connectivity index (χ1n) is 15.6. The molecule has 0 saturated carbocycles. The van der Waals surface area contributed by atoms with Crippen LogP contribution in [-0.4, -0.2) is 38.2 Å². The molecule has 2 heterocycles. The predicted molar refractivity (Wildman–Crippen MR) is 194 cm³/mol. The van der Waals surface area contributed by atoms with Gasteiger partial charge in [-0.15, -0.1) is 9.13 Å². The summed E-state index contributed by atoms with van der Waals surface area (Å²) in [6, 6.07) is 44.3. The van der Waals surface area contributed by atoms with Crippen molar-refractivity contribution in [3.63, 3.8) is 0 Å². The third-order valence-electron chi connectivity index (χ3n) is 8.75. The van der Waals surface area contributed by atoms with Gasteiger partial charge in [0.2, 0.25) is 33.4 Å². The smallest absolute Gasteiger partial charge is 0.239 e. The maximum Gasteiger partial charge on any atom is 0.239 e. The molecule has 2 aromatic heterocycles. The molecule has 8 rings (SSSR count). The molecule has 6 aromatic carbocycles. The summed E-state index contributed by atoms with van der Waals surface area (Å²) in [4.78, 5) is 14.6. The number of rotatable bonds is 5. The van der Waals surface area contributed by atoms with E-state index in [4.69, 9.17) is 21.6 Å². The van der Waals surface area contributed by atoms with Crippen LogP contribution in [0.2, 0.25) is 5.02 Å². The van der Waals surface area contributed by atoms with E-state index in [2.05, 4.69) is 150 Å². The fourth-order valence-corrected chi connectivity index (χ4v) is 6.63. The van der Waals surface area contributed by atoms with Crippen molar-refractivity contribution in [2.75, 3.05) is 38.0 Å². The van der Waals surface area contributed by atoms with E-state index in [1.807, 2.05) is 24.3 Å². The molecule has 0 bridgehead atoms. The van der Waals surface area contributed by atoms with Crippen LogP contribution in [0.5, 0.6) is 0 Å². The Hall–Kier alpha value is -5.59. The SMILES string of the molecule is CN(C)c1ccc2nc3ccc(-c4cc5nc6ccc(Cl)cc6[n+](-c6ccccc6)c5cc4N(C)C)cc3[n+](-c3ccccc3)c2c1. The summed E-state index contributed by atoms with van der Waals surface area (Å²) in [5.74, 6) is 0. The Morgan fingerprint density at radius 2 is 1.02 bits per heavy atom. The maximum atomic E-state index is 6.52. The van der Waals surface area contributed by atoms with Crippen molar-refractivity contribution in [3.8, 4) is 22.5 Å². The van der Waals surface area contributed by atoms with Crippen LogP contribution in [0.1, 0.15) is 0 Å². The van der Waals surface area contributed by atoms with Crippen LogP contribution in [-0.2, 0) is 0 Å². The van der Waals surface area contributed by atoms with Crippen LogP contribution in [0, 0.1) is 0 Å². The molecule has 228 valence electrons. The minimum atomic E-state index is 0.675. The summed E-state index contributed by atoms with van der Waals surface area (Å²) in [5.41, 5.74) is 14.2. The zero-order chi connectivity index (χ0) is 32.2. The molecular weight excluding hydrogens is 600 g/mol. The first-order valence-corrected chi connectivity index (χ1v) is 16.0. The lowest BCUT2D eigenvalue weighted by atomic mass is 10.00. The van der Waals surface area contributed by atoms with Crippen molar-refractivity contribution in [2.24, 2.45) is 0 Å². The Morgan fingerprint density at radius 1 is 0.489 bits per heavy atom. The lowest BCUT2D eigenvalue weighted by Gasteiger charge is -2.19. The number of benzene rings is 6. The highest BCUT2D eigenvalue weighted by Crippen LogP contribution is 2.35. The van der Waals surface area contributed by atoms with E-state index in [9.17, 15) is 0 Å². The van der Waals surface area contributed by atoms with Gasteiger partial charge < -0.3 is 9.80 Å². The van der Waals surface area contributed by atoms with Gasteiger partial charge in [-0.05, 0) is 42.0 Å². The highest BCUT2D eigenvalue weighted by atomic mass is 35.5. The molecular formula is C40H33ClN6+2. The standard InChI is InChI=1S/C40H33ClN6/c1-44(2)30-17-20-34-39(23-30)46(28-11-7-5-8-12-28)37-21-26(15-18-32(37)42-34)31-24-35-40(25-36(31)45(3)4)47(29-13-9-6-10-14-29)38-22-27(41)16-19-33(38)43-35/h5-25H,1-4H3/q+2. The number of para-hydroxylation sites is 2. The molecule has 8 aromatic rings. The van der Waals surface area contributed by atoms with Crippen molar-refractivity contribution >= 4 is 67.1 Å². The number of anilines is 2. The lowest BCUT2D eigenvalue weighted by molar-refractivity contribution is -0.538. The molecule has 47 heavy (non-hydrogen) atoms. The number of nitrogens with zero attached hydrogens (tertiary/aromatic N) is 6. The Bertz CT molecular complexity index is 2480. The Balaban J connectivity index is 1.44. The summed E-state index contributed by atoms with van der Waals surface area (Å²) in [7, 11) is 8.31. The van der Waals surface area contributed by atoms with Crippen molar-refractivity contribution in [2.45, 2.75) is 0 Å². The number of aromatic nitrogens is 4. The highest BCUT2D eigenvalue weighted by molar-refractivity contribution is 6.31. The van der Waals surface area contributed by atoms with Gasteiger partial charge in [0.05, 0.1) is 5.69 Å². The number of hydrogen-bond donors (Lipinski definition) is 0. The van der Waals surface area contributed by atoms with Crippen LogP contribution in [0.4, 0.5) is 11.4 Å². The molecule has 0 spiro atoms. The Labute approximate surface area is 278 Å². The molecule has 0 aliphatic heterocycles. The average Bonchev–Trinajstić information content (AvgIpc) is 3.09. The molecule has 0 amide bonds. The van der Waals surface area contributed by atoms with E-state index < -0.39 is 0 Å². The summed E-state index contributed by atoms with van der Waals surface area (Å²) in [6.45, 7) is 0. The lowest BCUT2D eigenvalue weighted by Crippen LogP contribution is -2.33. The molecule has 6 nitrogen and oxygen atoms in total. The van der Waals surface area contributed by atoms with E-state index in [-0.39, 0.29) is 0 Å². The zero-order valence-corrected chi connectivity index (χ0v) is 27.4. The van der Waals surface area contributed by atoms with Crippen molar-refractivity contribution in [1.82, 2.24) is 9.97 Å². The second-order valence-electron chi connectivity index (χ2n) is 12.2. The second kappa shape index (κ2) is 11.3. The zero-order valence-electron chi connectivity index (χ0n) is 26.7. The van der Waals surface area contributed by atoms with E-state index in [0.717, 1.165) is 78.0 Å². The maximum absolute atomic E-state index is 6.52. The topological polar surface area (TPSA) is 40.0 Å². The number of halogens is 1. The predicted octanol–water partition coefficient (Wildman–Crippen LogP) is 8.10. The van der Waals surface area contributed by atoms with Gasteiger partial charge in [0, 0.05) is 93.0 Å². The van der Waals surface area contributed by atoms with E-state index in [1.165, 1.54) is 0 Å². The third-order valence-corrected chi connectivity index (χ3v) is 8.98. The molecule has 0 aliphatic rings. The number of fused-ring (bicyclic) bond motifs is 4. The van der Waals surface area contributed by atoms with Gasteiger partial charge in [-0.2, -0.15) is 0 Å². The van der Waals surface area contributed by atoms with Crippen LogP contribution >= 0.6 is 11.6 Å². The van der Waals surface area contributed by atoms with Crippen molar-refractivity contribution in [1.29, 1.82) is 0 Å². The van der Waals surface area contributed by atoms with Gasteiger partial charge >= 0.3 is 0 Å². The monoisotopic (exact) mass is 632 g/mol. The molecule has 0 radical (unpaired) electrons. The Kier molecular flexibility index (Phi) is 6.96. The van der Waals surface area contributed by atoms with Crippen molar-refractivity contribution < 1.29 is 9.13 Å². The first kappa shape index (κ1) is 28.9. The molecule has 0 fully saturated rings. The van der Waals surface area contributed by atoms with Crippen LogP contribution in [0.15, 0.2) is 127 Å². The summed E-state index contributed by atoms with van der Waals surface area (Å²) < 4.78 is 4.58. The van der Waals surface area contributed by atoms with E-state index >= 15 is 0 Å². The molecule has 7 heteroatoms. The minimum Gasteiger partial charge on any atom is -0.377 e. The van der Waals surface area contributed by atoms with E-state index in [0.29, 0.717) is 5.02 Å². The molecule has 0 saturated heterocycles. The van der Waals surface area contributed by atoms with Gasteiger partial charge in [0.25, 0.3) is 0 Å².